The molecule has 0 radical (unpaired) electrons. The van der Waals surface area contributed by atoms with Crippen molar-refractivity contribution in [3.8, 4) is 0 Å². The van der Waals surface area contributed by atoms with Crippen LogP contribution in [0, 0.1) is 0 Å². The van der Waals surface area contributed by atoms with Gasteiger partial charge in [0.2, 0.25) is 0 Å². The zero-order valence-corrected chi connectivity index (χ0v) is 14.7. The number of nitrogens with zero attached hydrogens (tertiary/aromatic N) is 3. The molecule has 1 heterocycles. The first kappa shape index (κ1) is 17.4. The van der Waals surface area contributed by atoms with Crippen molar-refractivity contribution in [1.82, 2.24) is 20.3 Å². The highest BCUT2D eigenvalue weighted by molar-refractivity contribution is 5.88. The van der Waals surface area contributed by atoms with Gasteiger partial charge in [0, 0.05) is 6.04 Å². The van der Waals surface area contributed by atoms with Crippen molar-refractivity contribution in [3.05, 3.63) is 42.1 Å². The van der Waals surface area contributed by atoms with Crippen molar-refractivity contribution >= 4 is 11.8 Å². The minimum atomic E-state index is -0.268. The molecule has 7 nitrogen and oxygen atoms in total. The van der Waals surface area contributed by atoms with Crippen LogP contribution in [0.25, 0.3) is 0 Å². The molecule has 3 rings (SSSR count). The van der Waals surface area contributed by atoms with Gasteiger partial charge in [-0.1, -0.05) is 35.5 Å². The van der Waals surface area contributed by atoms with Crippen LogP contribution in [0.15, 0.2) is 36.5 Å². The van der Waals surface area contributed by atoms with Crippen LogP contribution in [0.4, 0.5) is 10.6 Å². The maximum atomic E-state index is 12.2. The van der Waals surface area contributed by atoms with E-state index in [-0.39, 0.29) is 24.2 Å². The zero-order chi connectivity index (χ0) is 17.6. The maximum Gasteiger partial charge on any atom is 0.320 e. The number of carbonyl (C=O) groups is 1. The van der Waals surface area contributed by atoms with E-state index in [2.05, 4.69) is 20.9 Å². The quantitative estimate of drug-likeness (QED) is 0.844. The van der Waals surface area contributed by atoms with Crippen molar-refractivity contribution in [2.75, 3.05) is 5.32 Å². The van der Waals surface area contributed by atoms with Crippen LogP contribution in [0.5, 0.6) is 0 Å². The summed E-state index contributed by atoms with van der Waals surface area (Å²) in [5, 5.41) is 13.7. The third-order valence-corrected chi connectivity index (χ3v) is 4.36. The second-order valence-electron chi connectivity index (χ2n) is 6.65. The van der Waals surface area contributed by atoms with Crippen molar-refractivity contribution in [2.24, 2.45) is 0 Å². The number of aromatic nitrogens is 3. The van der Waals surface area contributed by atoms with Crippen molar-refractivity contribution in [2.45, 2.75) is 57.9 Å². The monoisotopic (exact) mass is 343 g/mol. The smallest absolute Gasteiger partial charge is 0.320 e. The van der Waals surface area contributed by atoms with Crippen LogP contribution in [-0.2, 0) is 11.3 Å². The minimum Gasteiger partial charge on any atom is -0.371 e. The molecular formula is C18H25N5O2. The standard InChI is InChI=1S/C18H25N5O2/c1-13(2)23-11-17(21-22-23)20-18(24)19-15-9-6-10-16(15)25-12-14-7-4-3-5-8-14/h3-5,7-8,11,13,15-16H,6,9-10,12H2,1-2H3,(H2,19,20,24)/t15-,16-/m1/s1. The number of urea groups is 1. The Bertz CT molecular complexity index is 686. The van der Waals surface area contributed by atoms with Gasteiger partial charge in [0.05, 0.1) is 24.9 Å². The predicted octanol–water partition coefficient (Wildman–Crippen LogP) is 3.12. The number of nitrogens with one attached hydrogen (secondary N) is 2. The topological polar surface area (TPSA) is 81.1 Å². The first-order chi connectivity index (χ1) is 12.1. The van der Waals surface area contributed by atoms with Crippen LogP contribution < -0.4 is 10.6 Å². The second kappa shape index (κ2) is 8.11. The van der Waals surface area contributed by atoms with Gasteiger partial charge in [-0.3, -0.25) is 5.32 Å². The van der Waals surface area contributed by atoms with Gasteiger partial charge < -0.3 is 10.1 Å². The summed E-state index contributed by atoms with van der Waals surface area (Å²) < 4.78 is 7.72. The number of rotatable bonds is 6. The highest BCUT2D eigenvalue weighted by Gasteiger charge is 2.29. The first-order valence-electron chi connectivity index (χ1n) is 8.76. The lowest BCUT2D eigenvalue weighted by molar-refractivity contribution is 0.0305. The molecule has 0 saturated heterocycles. The molecule has 0 spiro atoms. The SMILES string of the molecule is CC(C)n1cc(NC(=O)N[C@@H]2CCC[C@H]2OCc2ccccc2)nn1. The lowest BCUT2D eigenvalue weighted by Gasteiger charge is -2.21. The summed E-state index contributed by atoms with van der Waals surface area (Å²) in [6.07, 6.45) is 4.70. The molecule has 0 bridgehead atoms. The number of hydrogen-bond acceptors (Lipinski definition) is 4. The van der Waals surface area contributed by atoms with Crippen molar-refractivity contribution in [3.63, 3.8) is 0 Å². The number of hydrogen-bond donors (Lipinski definition) is 2. The van der Waals surface area contributed by atoms with Gasteiger partial charge in [-0.2, -0.15) is 0 Å². The van der Waals surface area contributed by atoms with E-state index in [0.717, 1.165) is 24.8 Å². The van der Waals surface area contributed by atoms with E-state index in [0.29, 0.717) is 12.4 Å². The van der Waals surface area contributed by atoms with Crippen LogP contribution in [-0.4, -0.2) is 33.2 Å². The van der Waals surface area contributed by atoms with E-state index in [9.17, 15) is 4.79 Å². The molecule has 0 unspecified atom stereocenters. The molecule has 2 amide bonds. The molecule has 2 aromatic rings. The summed E-state index contributed by atoms with van der Waals surface area (Å²) >= 11 is 0. The maximum absolute atomic E-state index is 12.2. The van der Waals surface area contributed by atoms with Gasteiger partial charge in [-0.05, 0) is 38.7 Å². The normalized spacial score (nSPS) is 20.0. The molecule has 1 aromatic heterocycles. The van der Waals surface area contributed by atoms with Gasteiger partial charge in [0.25, 0.3) is 0 Å². The minimum absolute atomic E-state index is 0.0175. The number of anilines is 1. The summed E-state index contributed by atoms with van der Waals surface area (Å²) in [7, 11) is 0. The molecule has 1 saturated carbocycles. The van der Waals surface area contributed by atoms with E-state index in [1.165, 1.54) is 0 Å². The largest absolute Gasteiger partial charge is 0.371 e. The Hall–Kier alpha value is -2.41. The number of ether oxygens (including phenoxy) is 1. The predicted molar refractivity (Wildman–Crippen MR) is 95.2 cm³/mol. The lowest BCUT2D eigenvalue weighted by Crippen LogP contribution is -2.43. The summed E-state index contributed by atoms with van der Waals surface area (Å²) in [6, 6.07) is 10.0. The fraction of sp³-hybridized carbons (Fsp3) is 0.500. The third-order valence-electron chi connectivity index (χ3n) is 4.36. The molecule has 1 aliphatic rings. The highest BCUT2D eigenvalue weighted by Crippen LogP contribution is 2.23. The molecule has 134 valence electrons. The number of carbonyl (C=O) groups excluding carboxylic acids is 1. The Morgan fingerprint density at radius 1 is 1.32 bits per heavy atom. The van der Waals surface area contributed by atoms with Crippen LogP contribution in [0.3, 0.4) is 0 Å². The first-order valence-corrected chi connectivity index (χ1v) is 8.76. The zero-order valence-electron chi connectivity index (χ0n) is 14.7. The Balaban J connectivity index is 1.49. The average Bonchev–Trinajstić information content (AvgIpc) is 3.23. The third kappa shape index (κ3) is 4.79. The van der Waals surface area contributed by atoms with Crippen LogP contribution in [0.2, 0.25) is 0 Å². The molecule has 2 N–H and O–H groups in total. The van der Waals surface area contributed by atoms with Gasteiger partial charge in [0.15, 0.2) is 5.82 Å². The number of benzene rings is 1. The summed E-state index contributed by atoms with van der Waals surface area (Å²) in [6.45, 7) is 4.57. The van der Waals surface area contributed by atoms with Crippen LogP contribution in [0.1, 0.15) is 44.7 Å². The molecule has 7 heteroatoms. The molecule has 0 aliphatic heterocycles. The van der Waals surface area contributed by atoms with E-state index >= 15 is 0 Å². The van der Waals surface area contributed by atoms with Gasteiger partial charge in [-0.15, -0.1) is 5.10 Å². The summed E-state index contributed by atoms with van der Waals surface area (Å²) in [5.74, 6) is 0.450. The highest BCUT2D eigenvalue weighted by atomic mass is 16.5. The Morgan fingerprint density at radius 3 is 2.84 bits per heavy atom. The molecule has 1 aliphatic carbocycles. The molecule has 2 atom stereocenters. The molecule has 1 fully saturated rings. The van der Waals surface area contributed by atoms with Crippen LogP contribution >= 0.6 is 0 Å². The van der Waals surface area contributed by atoms with Gasteiger partial charge >= 0.3 is 6.03 Å². The van der Waals surface area contributed by atoms with Crippen molar-refractivity contribution < 1.29 is 9.53 Å². The fourth-order valence-electron chi connectivity index (χ4n) is 2.98. The van der Waals surface area contributed by atoms with Crippen molar-refractivity contribution in [1.29, 1.82) is 0 Å². The number of amides is 2. The summed E-state index contributed by atoms with van der Waals surface area (Å²) in [4.78, 5) is 12.2. The van der Waals surface area contributed by atoms with Gasteiger partial charge in [0.1, 0.15) is 0 Å². The van der Waals surface area contributed by atoms with E-state index < -0.39 is 0 Å². The summed E-state index contributed by atoms with van der Waals surface area (Å²) in [5.41, 5.74) is 1.14. The fourth-order valence-corrected chi connectivity index (χ4v) is 2.98. The molecule has 1 aromatic carbocycles. The van der Waals surface area contributed by atoms with Gasteiger partial charge in [-0.25, -0.2) is 9.48 Å². The van der Waals surface area contributed by atoms with E-state index in [1.807, 2.05) is 44.2 Å². The molecule has 25 heavy (non-hydrogen) atoms. The Kier molecular flexibility index (Phi) is 5.65. The van der Waals surface area contributed by atoms with E-state index in [4.69, 9.17) is 4.74 Å². The molecular weight excluding hydrogens is 318 g/mol. The Morgan fingerprint density at radius 2 is 2.12 bits per heavy atom. The lowest BCUT2D eigenvalue weighted by atomic mass is 10.2. The second-order valence-corrected chi connectivity index (χ2v) is 6.65. The Labute approximate surface area is 147 Å². The average molecular weight is 343 g/mol. The van der Waals surface area contributed by atoms with E-state index in [1.54, 1.807) is 10.9 Å².